The summed E-state index contributed by atoms with van der Waals surface area (Å²) in [7, 11) is 1.58. The number of hydrogen-bond donors (Lipinski definition) is 2. The molecule has 1 amide bonds. The summed E-state index contributed by atoms with van der Waals surface area (Å²) in [5.41, 5.74) is 2.57. The molecule has 0 bridgehead atoms. The molecule has 1 aliphatic rings. The van der Waals surface area contributed by atoms with Gasteiger partial charge in [-0.2, -0.15) is 0 Å². The van der Waals surface area contributed by atoms with Gasteiger partial charge in [0.15, 0.2) is 0 Å². The lowest BCUT2D eigenvalue weighted by atomic mass is 10.1. The molecule has 0 radical (unpaired) electrons. The Morgan fingerprint density at radius 3 is 2.48 bits per heavy atom. The number of ether oxygens (including phenoxy) is 2. The summed E-state index contributed by atoms with van der Waals surface area (Å²) < 4.78 is 10.5. The molecule has 0 unspecified atom stereocenters. The Morgan fingerprint density at radius 1 is 1.09 bits per heavy atom. The number of para-hydroxylation sites is 1. The van der Waals surface area contributed by atoms with Gasteiger partial charge in [-0.3, -0.25) is 9.69 Å². The third kappa shape index (κ3) is 4.80. The minimum Gasteiger partial charge on any atom is -0.497 e. The molecule has 1 saturated heterocycles. The average Bonchev–Trinajstić information content (AvgIpc) is 3.21. The number of carbonyl (C=O) groups is 2. The summed E-state index contributed by atoms with van der Waals surface area (Å²) in [6.45, 7) is 7.13. The van der Waals surface area contributed by atoms with Crippen molar-refractivity contribution in [3.63, 3.8) is 0 Å². The number of amides is 1. The molecule has 1 fully saturated rings. The number of benzene rings is 2. The molecular weight excluding hydrogens is 420 g/mol. The molecule has 8 heteroatoms. The second-order valence-corrected chi connectivity index (χ2v) is 8.03. The van der Waals surface area contributed by atoms with E-state index in [1.54, 1.807) is 26.2 Å². The molecule has 0 spiro atoms. The molecule has 1 aliphatic heterocycles. The first-order chi connectivity index (χ1) is 16.0. The average molecular weight is 451 g/mol. The van der Waals surface area contributed by atoms with Gasteiger partial charge in [-0.05, 0) is 44.2 Å². The standard InChI is InChI=1S/C25H30N4O4/c1-4-33-25(31)23-22(20-16-19(32-3)10-11-21(20)26-23)27-24(30)17(2)28-12-14-29(15-13-28)18-8-6-5-7-9-18/h5-11,16-17,26H,4,12-15H2,1-3H3,(H,27,30)/t17-/m1/s1. The number of aromatic amines is 1. The van der Waals surface area contributed by atoms with E-state index < -0.39 is 5.97 Å². The van der Waals surface area contributed by atoms with Crippen LogP contribution < -0.4 is 15.0 Å². The highest BCUT2D eigenvalue weighted by Gasteiger charge is 2.28. The second-order valence-electron chi connectivity index (χ2n) is 8.03. The number of nitrogens with one attached hydrogen (secondary N) is 2. The Labute approximate surface area is 193 Å². The number of esters is 1. The van der Waals surface area contributed by atoms with Crippen LogP contribution in [0.5, 0.6) is 5.75 Å². The Kier molecular flexibility index (Phi) is 6.84. The predicted octanol–water partition coefficient (Wildman–Crippen LogP) is 3.50. The lowest BCUT2D eigenvalue weighted by molar-refractivity contribution is -0.120. The number of fused-ring (bicyclic) bond motifs is 1. The van der Waals surface area contributed by atoms with Gasteiger partial charge in [0.25, 0.3) is 0 Å². The maximum absolute atomic E-state index is 13.2. The third-order valence-electron chi connectivity index (χ3n) is 6.10. The zero-order chi connectivity index (χ0) is 23.4. The number of rotatable bonds is 7. The highest BCUT2D eigenvalue weighted by Crippen LogP contribution is 2.32. The van der Waals surface area contributed by atoms with Crippen LogP contribution in [-0.2, 0) is 9.53 Å². The normalized spacial score (nSPS) is 15.3. The quantitative estimate of drug-likeness (QED) is 0.536. The number of anilines is 2. The van der Waals surface area contributed by atoms with E-state index in [4.69, 9.17) is 9.47 Å². The third-order valence-corrected chi connectivity index (χ3v) is 6.10. The van der Waals surface area contributed by atoms with Crippen molar-refractivity contribution in [2.24, 2.45) is 0 Å². The molecule has 174 valence electrons. The Bertz CT molecular complexity index is 1120. The molecule has 8 nitrogen and oxygen atoms in total. The highest BCUT2D eigenvalue weighted by molar-refractivity contribution is 6.12. The van der Waals surface area contributed by atoms with Crippen LogP contribution in [0.2, 0.25) is 0 Å². The van der Waals surface area contributed by atoms with Crippen molar-refractivity contribution in [3.8, 4) is 5.75 Å². The Hall–Kier alpha value is -3.52. The fraction of sp³-hybridized carbons (Fsp3) is 0.360. The van der Waals surface area contributed by atoms with Crippen LogP contribution in [0.3, 0.4) is 0 Å². The van der Waals surface area contributed by atoms with Crippen molar-refractivity contribution in [2.45, 2.75) is 19.9 Å². The van der Waals surface area contributed by atoms with Crippen LogP contribution in [0, 0.1) is 0 Å². The minimum atomic E-state index is -0.507. The summed E-state index contributed by atoms with van der Waals surface area (Å²) >= 11 is 0. The lowest BCUT2D eigenvalue weighted by Gasteiger charge is -2.38. The molecule has 3 aromatic rings. The molecule has 2 aromatic carbocycles. The van der Waals surface area contributed by atoms with E-state index in [-0.39, 0.29) is 24.2 Å². The SMILES string of the molecule is CCOC(=O)c1[nH]c2ccc(OC)cc2c1NC(=O)[C@@H](C)N1CCN(c2ccccc2)CC1. The van der Waals surface area contributed by atoms with Crippen LogP contribution in [0.15, 0.2) is 48.5 Å². The molecule has 1 aromatic heterocycles. The minimum absolute atomic E-state index is 0.169. The summed E-state index contributed by atoms with van der Waals surface area (Å²) in [6.07, 6.45) is 0. The maximum Gasteiger partial charge on any atom is 0.356 e. The zero-order valence-electron chi connectivity index (χ0n) is 19.3. The summed E-state index contributed by atoms with van der Waals surface area (Å²) in [6, 6.07) is 15.4. The van der Waals surface area contributed by atoms with Gasteiger partial charge in [0.1, 0.15) is 11.4 Å². The van der Waals surface area contributed by atoms with E-state index in [0.29, 0.717) is 16.8 Å². The van der Waals surface area contributed by atoms with Gasteiger partial charge in [-0.25, -0.2) is 4.79 Å². The number of methoxy groups -OCH3 is 1. The topological polar surface area (TPSA) is 86.9 Å². The van der Waals surface area contributed by atoms with Gasteiger partial charge in [-0.1, -0.05) is 18.2 Å². The van der Waals surface area contributed by atoms with Crippen molar-refractivity contribution in [3.05, 3.63) is 54.2 Å². The smallest absolute Gasteiger partial charge is 0.356 e. The predicted molar refractivity (Wildman–Crippen MR) is 129 cm³/mol. The van der Waals surface area contributed by atoms with Crippen molar-refractivity contribution in [1.29, 1.82) is 0 Å². The fourth-order valence-corrected chi connectivity index (χ4v) is 4.18. The fourth-order valence-electron chi connectivity index (χ4n) is 4.18. The van der Waals surface area contributed by atoms with Crippen molar-refractivity contribution < 1.29 is 19.1 Å². The van der Waals surface area contributed by atoms with Gasteiger partial charge < -0.3 is 24.7 Å². The largest absolute Gasteiger partial charge is 0.497 e. The molecule has 1 atom stereocenters. The van der Waals surface area contributed by atoms with Gasteiger partial charge in [0.2, 0.25) is 5.91 Å². The van der Waals surface area contributed by atoms with Crippen LogP contribution >= 0.6 is 0 Å². The number of nitrogens with zero attached hydrogens (tertiary/aromatic N) is 2. The summed E-state index contributed by atoms with van der Waals surface area (Å²) in [5, 5.41) is 3.68. The molecule has 2 heterocycles. The molecule has 2 N–H and O–H groups in total. The first-order valence-electron chi connectivity index (χ1n) is 11.2. The van der Waals surface area contributed by atoms with Gasteiger partial charge in [0.05, 0.1) is 25.4 Å². The summed E-state index contributed by atoms with van der Waals surface area (Å²) in [4.78, 5) is 33.4. The summed E-state index contributed by atoms with van der Waals surface area (Å²) in [5.74, 6) is -0.0398. The van der Waals surface area contributed by atoms with Crippen molar-refractivity contribution in [2.75, 3.05) is 50.1 Å². The molecule has 0 aliphatic carbocycles. The molecular formula is C25H30N4O4. The van der Waals surface area contributed by atoms with Crippen LogP contribution in [-0.4, -0.2) is 67.7 Å². The first-order valence-corrected chi connectivity index (χ1v) is 11.2. The number of piperazine rings is 1. The van der Waals surface area contributed by atoms with E-state index in [2.05, 4.69) is 32.2 Å². The first kappa shape index (κ1) is 22.7. The van der Waals surface area contributed by atoms with Gasteiger partial charge in [0, 0.05) is 42.8 Å². The van der Waals surface area contributed by atoms with Gasteiger partial charge >= 0.3 is 5.97 Å². The molecule has 4 rings (SSSR count). The molecule has 0 saturated carbocycles. The van der Waals surface area contributed by atoms with Crippen LogP contribution in [0.1, 0.15) is 24.3 Å². The number of aromatic nitrogens is 1. The van der Waals surface area contributed by atoms with Gasteiger partial charge in [-0.15, -0.1) is 0 Å². The maximum atomic E-state index is 13.2. The highest BCUT2D eigenvalue weighted by atomic mass is 16.5. The number of hydrogen-bond acceptors (Lipinski definition) is 6. The van der Waals surface area contributed by atoms with Crippen LogP contribution in [0.25, 0.3) is 10.9 Å². The van der Waals surface area contributed by atoms with E-state index in [9.17, 15) is 9.59 Å². The van der Waals surface area contributed by atoms with E-state index in [0.717, 1.165) is 31.7 Å². The monoisotopic (exact) mass is 450 g/mol. The number of carbonyl (C=O) groups excluding carboxylic acids is 2. The van der Waals surface area contributed by atoms with Crippen molar-refractivity contribution in [1.82, 2.24) is 9.88 Å². The van der Waals surface area contributed by atoms with Crippen LogP contribution in [0.4, 0.5) is 11.4 Å². The Morgan fingerprint density at radius 2 is 1.82 bits per heavy atom. The zero-order valence-corrected chi connectivity index (χ0v) is 19.3. The van der Waals surface area contributed by atoms with E-state index in [1.807, 2.05) is 31.2 Å². The van der Waals surface area contributed by atoms with E-state index >= 15 is 0 Å². The van der Waals surface area contributed by atoms with E-state index in [1.165, 1.54) is 5.69 Å². The lowest BCUT2D eigenvalue weighted by Crippen LogP contribution is -2.52. The molecule has 33 heavy (non-hydrogen) atoms. The Balaban J connectivity index is 1.51. The second kappa shape index (κ2) is 9.95. The van der Waals surface area contributed by atoms with Crippen molar-refractivity contribution >= 4 is 34.2 Å². The number of H-pyrrole nitrogens is 1.